The molecule has 0 bridgehead atoms. The lowest BCUT2D eigenvalue weighted by molar-refractivity contribution is -0.245. The minimum Gasteiger partial charge on any atom is -0.396 e. The number of amides is 2. The number of nitrogens with zero attached hydrogens (tertiary/aromatic N) is 1. The van der Waals surface area contributed by atoms with Gasteiger partial charge < -0.3 is 29.9 Å². The van der Waals surface area contributed by atoms with Gasteiger partial charge in [-0.15, -0.1) is 0 Å². The van der Waals surface area contributed by atoms with Crippen LogP contribution in [0.25, 0.3) is 11.1 Å². The summed E-state index contributed by atoms with van der Waals surface area (Å²) in [6, 6.07) is 21.6. The van der Waals surface area contributed by atoms with Gasteiger partial charge in [-0.05, 0) is 40.7 Å². The molecule has 3 N–H and O–H groups in total. The molecule has 4 unspecified atom stereocenters. The van der Waals surface area contributed by atoms with Crippen molar-refractivity contribution in [3.05, 3.63) is 95.1 Å². The van der Waals surface area contributed by atoms with Gasteiger partial charge in [0.15, 0.2) is 6.29 Å². The first-order valence-electron chi connectivity index (χ1n) is 15.2. The lowest BCUT2D eigenvalue weighted by atomic mass is 9.97. The number of hydrogen-bond acceptors (Lipinski definition) is 7. The summed E-state index contributed by atoms with van der Waals surface area (Å²) in [6.07, 6.45) is -4.83. The number of thioether (sulfide) groups is 1. The minimum atomic E-state index is -5.03. The van der Waals surface area contributed by atoms with Crippen LogP contribution in [0.2, 0.25) is 0 Å². The summed E-state index contributed by atoms with van der Waals surface area (Å²) in [7, 11) is 0. The van der Waals surface area contributed by atoms with E-state index in [-0.39, 0.29) is 44.9 Å². The van der Waals surface area contributed by atoms with Gasteiger partial charge in [-0.2, -0.15) is 24.9 Å². The predicted octanol–water partition coefficient (Wildman–Crippen LogP) is 5.29. The Morgan fingerprint density at radius 2 is 1.67 bits per heavy atom. The van der Waals surface area contributed by atoms with E-state index in [0.29, 0.717) is 29.2 Å². The number of carbonyl (C=O) groups excluding carboxylic acids is 2. The van der Waals surface area contributed by atoms with Crippen LogP contribution in [0.3, 0.4) is 0 Å². The van der Waals surface area contributed by atoms with Crippen molar-refractivity contribution < 1.29 is 42.4 Å². The molecule has 12 heteroatoms. The normalized spacial score (nSPS) is 21.7. The summed E-state index contributed by atoms with van der Waals surface area (Å²) in [5, 5.41) is 21.4. The Morgan fingerprint density at radius 3 is 2.37 bits per heavy atom. The molecule has 4 atom stereocenters. The van der Waals surface area contributed by atoms with Gasteiger partial charge >= 0.3 is 12.1 Å². The van der Waals surface area contributed by atoms with Gasteiger partial charge in [0.2, 0.25) is 5.91 Å². The number of nitrogens with one attached hydrogen (secondary N) is 1. The summed E-state index contributed by atoms with van der Waals surface area (Å²) < 4.78 is 51.8. The smallest absolute Gasteiger partial charge is 0.396 e. The summed E-state index contributed by atoms with van der Waals surface area (Å²) in [6.45, 7) is 0.0293. The van der Waals surface area contributed by atoms with Crippen molar-refractivity contribution in [1.82, 2.24) is 10.2 Å². The monoisotopic (exact) mass is 658 g/mol. The number of likely N-dealkylation sites (tertiary alicyclic amines) is 1. The van der Waals surface area contributed by atoms with Gasteiger partial charge in [0.1, 0.15) is 6.04 Å². The number of aliphatic hydroxyl groups is 2. The van der Waals surface area contributed by atoms with Gasteiger partial charge in [0, 0.05) is 36.6 Å². The standard InChI is InChI=1S/C34H37F3N2O6S/c35-34(36,37)33(43)39-15-3-6-29(39)31(42)38-19-26-4-1-2-5-28(26)23-11-13-25(14-12-23)32-44-27(21-46-17-16-40)18-30(45-32)24-9-7-22(20-41)8-10-24/h1-2,4-5,7-14,27,29-30,32,40-41H,3,6,15-21H2,(H,38,42). The Hall–Kier alpha value is -3.42. The van der Waals surface area contributed by atoms with Crippen molar-refractivity contribution >= 4 is 23.6 Å². The van der Waals surface area contributed by atoms with Crippen LogP contribution in [0.1, 0.15) is 53.9 Å². The Balaban J connectivity index is 1.28. The van der Waals surface area contributed by atoms with Crippen molar-refractivity contribution in [2.45, 2.75) is 63.1 Å². The number of benzene rings is 3. The van der Waals surface area contributed by atoms with E-state index in [9.17, 15) is 33.0 Å². The average molecular weight is 659 g/mol. The summed E-state index contributed by atoms with van der Waals surface area (Å²) >= 11 is 1.62. The lowest BCUT2D eigenvalue weighted by Crippen LogP contribution is -2.50. The molecule has 2 heterocycles. The number of ether oxygens (including phenoxy) is 2. The second kappa shape index (κ2) is 15.4. The molecule has 0 aliphatic carbocycles. The Morgan fingerprint density at radius 1 is 0.957 bits per heavy atom. The van der Waals surface area contributed by atoms with Gasteiger partial charge in [-0.25, -0.2) is 0 Å². The van der Waals surface area contributed by atoms with Crippen molar-refractivity contribution in [2.24, 2.45) is 0 Å². The molecule has 0 radical (unpaired) electrons. The van der Waals surface area contributed by atoms with E-state index >= 15 is 0 Å². The Bertz CT molecular complexity index is 1470. The van der Waals surface area contributed by atoms with Crippen molar-refractivity contribution in [1.29, 1.82) is 0 Å². The molecule has 5 rings (SSSR count). The third kappa shape index (κ3) is 8.29. The van der Waals surface area contributed by atoms with Gasteiger partial charge in [0.25, 0.3) is 0 Å². The molecule has 8 nitrogen and oxygen atoms in total. The molecular weight excluding hydrogens is 621 g/mol. The molecule has 2 saturated heterocycles. The highest BCUT2D eigenvalue weighted by atomic mass is 32.2. The molecule has 246 valence electrons. The summed E-state index contributed by atoms with van der Waals surface area (Å²) in [5.74, 6) is -1.29. The summed E-state index contributed by atoms with van der Waals surface area (Å²) in [5.41, 5.74) is 5.10. The second-order valence-corrected chi connectivity index (χ2v) is 12.4. The first-order chi connectivity index (χ1) is 22.2. The number of rotatable bonds is 11. The first kappa shape index (κ1) is 33.9. The topological polar surface area (TPSA) is 108 Å². The number of hydrogen-bond donors (Lipinski definition) is 3. The molecule has 2 fully saturated rings. The molecule has 2 aliphatic heterocycles. The molecule has 3 aromatic rings. The fraction of sp³-hybridized carbons (Fsp3) is 0.412. The maximum Gasteiger partial charge on any atom is 0.471 e. The highest BCUT2D eigenvalue weighted by Gasteiger charge is 2.47. The fourth-order valence-corrected chi connectivity index (χ4v) is 6.60. The highest BCUT2D eigenvalue weighted by Crippen LogP contribution is 2.39. The highest BCUT2D eigenvalue weighted by molar-refractivity contribution is 7.99. The van der Waals surface area contributed by atoms with Crippen LogP contribution < -0.4 is 5.32 Å². The molecule has 3 aromatic carbocycles. The molecular formula is C34H37F3N2O6S. The maximum atomic E-state index is 13.0. The third-order valence-electron chi connectivity index (χ3n) is 8.18. The van der Waals surface area contributed by atoms with Crippen molar-refractivity contribution in [3.63, 3.8) is 0 Å². The molecule has 2 amide bonds. The first-order valence-corrected chi connectivity index (χ1v) is 16.4. The number of aliphatic hydroxyl groups excluding tert-OH is 2. The molecule has 46 heavy (non-hydrogen) atoms. The molecule has 0 aromatic heterocycles. The van der Waals surface area contributed by atoms with Gasteiger partial charge in [-0.3, -0.25) is 9.59 Å². The Labute approximate surface area is 269 Å². The van der Waals surface area contributed by atoms with Crippen LogP contribution in [0.15, 0.2) is 72.8 Å². The number of carbonyl (C=O) groups is 2. The van der Waals surface area contributed by atoms with E-state index in [1.807, 2.05) is 72.8 Å². The van der Waals surface area contributed by atoms with Crippen LogP contribution in [0.4, 0.5) is 13.2 Å². The zero-order chi connectivity index (χ0) is 32.7. The van der Waals surface area contributed by atoms with E-state index in [1.54, 1.807) is 11.8 Å². The number of halogens is 3. The van der Waals surface area contributed by atoms with Crippen molar-refractivity contribution in [3.8, 4) is 11.1 Å². The lowest BCUT2D eigenvalue weighted by Gasteiger charge is -2.36. The van der Waals surface area contributed by atoms with Gasteiger partial charge in [0.05, 0.1) is 25.4 Å². The summed E-state index contributed by atoms with van der Waals surface area (Å²) in [4.78, 5) is 25.3. The van der Waals surface area contributed by atoms with Gasteiger partial charge in [-0.1, -0.05) is 72.8 Å². The zero-order valence-corrected chi connectivity index (χ0v) is 25.9. The van der Waals surface area contributed by atoms with Crippen LogP contribution in [0.5, 0.6) is 0 Å². The Kier molecular flexibility index (Phi) is 11.4. The average Bonchev–Trinajstić information content (AvgIpc) is 3.57. The van der Waals surface area contributed by atoms with Crippen LogP contribution in [0, 0.1) is 0 Å². The predicted molar refractivity (Wildman–Crippen MR) is 167 cm³/mol. The van der Waals surface area contributed by atoms with E-state index in [2.05, 4.69) is 5.32 Å². The molecule has 0 saturated carbocycles. The van der Waals surface area contributed by atoms with Crippen LogP contribution in [-0.4, -0.2) is 69.9 Å². The maximum absolute atomic E-state index is 13.0. The quantitative estimate of drug-likeness (QED) is 0.241. The fourth-order valence-electron chi connectivity index (χ4n) is 5.82. The van der Waals surface area contributed by atoms with Crippen molar-refractivity contribution in [2.75, 3.05) is 24.7 Å². The second-order valence-electron chi connectivity index (χ2n) is 11.3. The SMILES string of the molecule is O=C(NCc1ccccc1-c1ccc(C2OC(CSCCO)CC(c3ccc(CO)cc3)O2)cc1)C1CCCN1C(=O)C(F)(F)F. The number of alkyl halides is 3. The zero-order valence-electron chi connectivity index (χ0n) is 25.1. The van der Waals surface area contributed by atoms with E-state index < -0.39 is 30.3 Å². The van der Waals surface area contributed by atoms with Crippen LogP contribution >= 0.6 is 11.8 Å². The minimum absolute atomic E-state index is 0.0398. The van der Waals surface area contributed by atoms with E-state index in [4.69, 9.17) is 9.47 Å². The van der Waals surface area contributed by atoms with E-state index in [1.165, 1.54) is 0 Å². The molecule has 0 spiro atoms. The largest absolute Gasteiger partial charge is 0.471 e. The molecule has 2 aliphatic rings. The van der Waals surface area contributed by atoms with Crippen LogP contribution in [-0.2, 0) is 32.2 Å². The third-order valence-corrected chi connectivity index (χ3v) is 9.26. The van der Waals surface area contributed by atoms with E-state index in [0.717, 1.165) is 33.4 Å².